The summed E-state index contributed by atoms with van der Waals surface area (Å²) in [6, 6.07) is 5.65. The highest BCUT2D eigenvalue weighted by atomic mass is 32.1. The fourth-order valence-corrected chi connectivity index (χ4v) is 2.45. The number of carbonyl (C=O) groups is 1. The highest BCUT2D eigenvalue weighted by molar-refractivity contribution is 7.12. The van der Waals surface area contributed by atoms with Gasteiger partial charge in [-0.15, -0.1) is 11.3 Å². The van der Waals surface area contributed by atoms with Gasteiger partial charge in [0.05, 0.1) is 17.6 Å². The van der Waals surface area contributed by atoms with Gasteiger partial charge < -0.3 is 4.42 Å². The van der Waals surface area contributed by atoms with Crippen LogP contribution in [0.5, 0.6) is 0 Å². The third-order valence-electron chi connectivity index (χ3n) is 2.30. The van der Waals surface area contributed by atoms with Crippen LogP contribution in [0.2, 0.25) is 0 Å². The Labute approximate surface area is 92.5 Å². The summed E-state index contributed by atoms with van der Waals surface area (Å²) in [7, 11) is 0. The lowest BCUT2D eigenvalue weighted by Gasteiger charge is -1.98. The molecule has 78 valence electrons. The molecule has 2 rings (SSSR count). The predicted octanol–water partition coefficient (Wildman–Crippen LogP) is 3.33. The van der Waals surface area contributed by atoms with Gasteiger partial charge in [0.25, 0.3) is 0 Å². The van der Waals surface area contributed by atoms with E-state index in [1.54, 1.807) is 12.3 Å². The Bertz CT molecular complexity index is 440. The highest BCUT2D eigenvalue weighted by Crippen LogP contribution is 2.19. The molecule has 0 aliphatic rings. The molecule has 2 aromatic heterocycles. The number of rotatable bonds is 4. The van der Waals surface area contributed by atoms with E-state index in [0.717, 1.165) is 22.6 Å². The average Bonchev–Trinajstić information content (AvgIpc) is 2.86. The molecule has 3 heteroatoms. The summed E-state index contributed by atoms with van der Waals surface area (Å²) in [5.74, 6) is 0.882. The topological polar surface area (TPSA) is 30.2 Å². The second-order valence-corrected chi connectivity index (χ2v) is 4.22. The summed E-state index contributed by atoms with van der Waals surface area (Å²) in [5.41, 5.74) is 1.14. The van der Waals surface area contributed by atoms with Gasteiger partial charge in [-0.3, -0.25) is 4.79 Å². The highest BCUT2D eigenvalue weighted by Gasteiger charge is 2.13. The molecule has 0 N–H and O–H groups in total. The van der Waals surface area contributed by atoms with E-state index in [-0.39, 0.29) is 5.78 Å². The smallest absolute Gasteiger partial charge is 0.180 e. The fourth-order valence-electron chi connectivity index (χ4n) is 1.51. The lowest BCUT2D eigenvalue weighted by atomic mass is 10.1. The molecular weight excluding hydrogens is 208 g/mol. The van der Waals surface area contributed by atoms with Gasteiger partial charge in [0.15, 0.2) is 5.78 Å². The summed E-state index contributed by atoms with van der Waals surface area (Å²) in [6.45, 7) is 2.06. The van der Waals surface area contributed by atoms with E-state index < -0.39 is 0 Å². The average molecular weight is 220 g/mol. The Morgan fingerprint density at radius 3 is 3.00 bits per heavy atom. The molecule has 0 radical (unpaired) electrons. The van der Waals surface area contributed by atoms with Gasteiger partial charge in [0.1, 0.15) is 5.76 Å². The number of aryl methyl sites for hydroxylation is 1. The number of hydrogen-bond donors (Lipinski definition) is 0. The van der Waals surface area contributed by atoms with Crippen LogP contribution in [0.25, 0.3) is 0 Å². The zero-order valence-electron chi connectivity index (χ0n) is 8.53. The molecule has 0 unspecified atom stereocenters. The van der Waals surface area contributed by atoms with Gasteiger partial charge in [-0.05, 0) is 35.6 Å². The Balaban J connectivity index is 2.15. The van der Waals surface area contributed by atoms with Crippen LogP contribution in [-0.2, 0) is 12.8 Å². The van der Waals surface area contributed by atoms with Crippen molar-refractivity contribution >= 4 is 17.1 Å². The summed E-state index contributed by atoms with van der Waals surface area (Å²) in [5, 5.41) is 1.97. The van der Waals surface area contributed by atoms with Gasteiger partial charge in [-0.1, -0.05) is 6.92 Å². The first-order chi connectivity index (χ1) is 7.31. The standard InChI is InChI=1S/C12H12O2S/c1-2-9-5-7-15-12(9)11(13)8-10-4-3-6-14-10/h3-7H,2,8H2,1H3. The van der Waals surface area contributed by atoms with Crippen molar-refractivity contribution in [2.75, 3.05) is 0 Å². The molecule has 0 aliphatic carbocycles. The summed E-state index contributed by atoms with van der Waals surface area (Å²) >= 11 is 1.51. The van der Waals surface area contributed by atoms with Crippen molar-refractivity contribution in [3.63, 3.8) is 0 Å². The molecule has 0 aliphatic heterocycles. The molecular formula is C12H12O2S. The SMILES string of the molecule is CCc1ccsc1C(=O)Cc1ccco1. The minimum absolute atomic E-state index is 0.150. The van der Waals surface area contributed by atoms with E-state index in [4.69, 9.17) is 4.42 Å². The van der Waals surface area contributed by atoms with Crippen LogP contribution in [-0.4, -0.2) is 5.78 Å². The lowest BCUT2D eigenvalue weighted by molar-refractivity contribution is 0.0990. The van der Waals surface area contributed by atoms with Gasteiger partial charge >= 0.3 is 0 Å². The van der Waals surface area contributed by atoms with Crippen molar-refractivity contribution in [2.24, 2.45) is 0 Å². The Morgan fingerprint density at radius 1 is 1.47 bits per heavy atom. The van der Waals surface area contributed by atoms with E-state index >= 15 is 0 Å². The van der Waals surface area contributed by atoms with E-state index in [1.165, 1.54) is 11.3 Å². The molecule has 0 saturated heterocycles. The van der Waals surface area contributed by atoms with E-state index in [0.29, 0.717) is 6.42 Å². The minimum atomic E-state index is 0.150. The maximum Gasteiger partial charge on any atom is 0.180 e. The number of furan rings is 1. The molecule has 0 spiro atoms. The Kier molecular flexibility index (Phi) is 3.02. The van der Waals surface area contributed by atoms with Crippen molar-refractivity contribution in [1.29, 1.82) is 0 Å². The maximum atomic E-state index is 11.9. The quantitative estimate of drug-likeness (QED) is 0.740. The van der Waals surface area contributed by atoms with Crippen LogP contribution >= 0.6 is 11.3 Å². The summed E-state index contributed by atoms with van der Waals surface area (Å²) < 4.78 is 5.16. The summed E-state index contributed by atoms with van der Waals surface area (Å²) in [4.78, 5) is 12.8. The monoisotopic (exact) mass is 220 g/mol. The second kappa shape index (κ2) is 4.45. The van der Waals surface area contributed by atoms with Gasteiger partial charge in [0, 0.05) is 0 Å². The minimum Gasteiger partial charge on any atom is -0.469 e. The molecule has 2 nitrogen and oxygen atoms in total. The number of ketones is 1. The number of Topliss-reactive ketones (excluding diaryl/α,β-unsaturated/α-hetero) is 1. The zero-order valence-corrected chi connectivity index (χ0v) is 9.34. The second-order valence-electron chi connectivity index (χ2n) is 3.31. The van der Waals surface area contributed by atoms with Crippen LogP contribution in [0, 0.1) is 0 Å². The third-order valence-corrected chi connectivity index (χ3v) is 3.29. The lowest BCUT2D eigenvalue weighted by Crippen LogP contribution is -2.02. The molecule has 0 atom stereocenters. The van der Waals surface area contributed by atoms with Crippen molar-refractivity contribution < 1.29 is 9.21 Å². The fraction of sp³-hybridized carbons (Fsp3) is 0.250. The van der Waals surface area contributed by atoms with Gasteiger partial charge in [-0.2, -0.15) is 0 Å². The maximum absolute atomic E-state index is 11.9. The van der Waals surface area contributed by atoms with Gasteiger partial charge in [0.2, 0.25) is 0 Å². The van der Waals surface area contributed by atoms with E-state index in [9.17, 15) is 4.79 Å². The molecule has 15 heavy (non-hydrogen) atoms. The van der Waals surface area contributed by atoms with Crippen LogP contribution in [0.15, 0.2) is 34.3 Å². The Morgan fingerprint density at radius 2 is 2.33 bits per heavy atom. The first-order valence-electron chi connectivity index (χ1n) is 4.93. The molecule has 0 bridgehead atoms. The molecule has 0 saturated carbocycles. The first kappa shape index (κ1) is 10.2. The van der Waals surface area contributed by atoms with Crippen molar-refractivity contribution in [1.82, 2.24) is 0 Å². The summed E-state index contributed by atoms with van der Waals surface area (Å²) in [6.07, 6.45) is 2.86. The third kappa shape index (κ3) is 2.18. The number of thiophene rings is 1. The zero-order chi connectivity index (χ0) is 10.7. The van der Waals surface area contributed by atoms with Crippen LogP contribution < -0.4 is 0 Å². The predicted molar refractivity (Wildman–Crippen MR) is 60.4 cm³/mol. The normalized spacial score (nSPS) is 10.5. The van der Waals surface area contributed by atoms with E-state index in [2.05, 4.69) is 6.92 Å². The molecule has 0 fully saturated rings. The van der Waals surface area contributed by atoms with Crippen molar-refractivity contribution in [3.8, 4) is 0 Å². The molecule has 0 amide bonds. The first-order valence-corrected chi connectivity index (χ1v) is 5.81. The van der Waals surface area contributed by atoms with Crippen molar-refractivity contribution in [2.45, 2.75) is 19.8 Å². The van der Waals surface area contributed by atoms with Gasteiger partial charge in [-0.25, -0.2) is 0 Å². The van der Waals surface area contributed by atoms with E-state index in [1.807, 2.05) is 17.5 Å². The number of carbonyl (C=O) groups excluding carboxylic acids is 1. The van der Waals surface area contributed by atoms with Crippen LogP contribution in [0.1, 0.15) is 27.9 Å². The van der Waals surface area contributed by atoms with Crippen LogP contribution in [0.4, 0.5) is 0 Å². The van der Waals surface area contributed by atoms with Crippen molar-refractivity contribution in [3.05, 3.63) is 46.0 Å². The Hall–Kier alpha value is -1.35. The van der Waals surface area contributed by atoms with Crippen LogP contribution in [0.3, 0.4) is 0 Å². The molecule has 2 aromatic rings. The largest absolute Gasteiger partial charge is 0.469 e. The molecule has 0 aromatic carbocycles. The number of hydrogen-bond acceptors (Lipinski definition) is 3. The molecule has 2 heterocycles.